The molecule has 1 amide bonds. The number of β-amino-alcohol motifs (C(OH)–C–C–N with tert-alkyl or cyclic N) is 1. The maximum atomic E-state index is 13.8. The van der Waals surface area contributed by atoms with E-state index < -0.39 is 11.0 Å². The Balaban J connectivity index is 1.75. The van der Waals surface area contributed by atoms with Crippen molar-refractivity contribution in [2.75, 3.05) is 26.2 Å². The second-order valence-electron chi connectivity index (χ2n) is 11.1. The van der Waals surface area contributed by atoms with Crippen molar-refractivity contribution in [1.82, 2.24) is 9.80 Å². The maximum Gasteiger partial charge on any atom is 0.308 e. The van der Waals surface area contributed by atoms with Gasteiger partial charge in [-0.2, -0.15) is 0 Å². The molecule has 2 aliphatic rings. The summed E-state index contributed by atoms with van der Waals surface area (Å²) in [6, 6.07) is 17.1. The monoisotopic (exact) mass is 504 g/mol. The normalized spacial score (nSPS) is 25.8. The summed E-state index contributed by atoms with van der Waals surface area (Å²) in [5.41, 5.74) is 0.110. The van der Waals surface area contributed by atoms with Crippen LogP contribution in [0.15, 0.2) is 67.3 Å². The topological polar surface area (TPSA) is 70.1 Å². The van der Waals surface area contributed by atoms with Crippen LogP contribution in [0.25, 0.3) is 0 Å². The third-order valence-electron chi connectivity index (χ3n) is 8.03. The van der Waals surface area contributed by atoms with E-state index >= 15 is 0 Å². The summed E-state index contributed by atoms with van der Waals surface area (Å²) in [6.45, 7) is 12.3. The molecule has 2 fully saturated rings. The number of amides is 1. The third-order valence-corrected chi connectivity index (χ3v) is 8.03. The molecular weight excluding hydrogens is 464 g/mol. The van der Waals surface area contributed by atoms with Crippen molar-refractivity contribution in [2.45, 2.75) is 63.5 Å². The molecule has 1 saturated carbocycles. The maximum absolute atomic E-state index is 13.8. The molecule has 6 nitrogen and oxygen atoms in total. The smallest absolute Gasteiger partial charge is 0.308 e. The van der Waals surface area contributed by atoms with E-state index in [9.17, 15) is 14.7 Å². The Morgan fingerprint density at radius 2 is 1.95 bits per heavy atom. The molecule has 0 bridgehead atoms. The molecule has 1 heterocycles. The van der Waals surface area contributed by atoms with Gasteiger partial charge in [-0.3, -0.25) is 14.5 Å². The predicted octanol–water partition coefficient (Wildman–Crippen LogP) is 4.82. The van der Waals surface area contributed by atoms with E-state index in [1.807, 2.05) is 59.5 Å². The van der Waals surface area contributed by atoms with Gasteiger partial charge in [-0.15, -0.1) is 6.58 Å². The van der Waals surface area contributed by atoms with Gasteiger partial charge in [0.2, 0.25) is 0 Å². The molecule has 0 radical (unpaired) electrons. The van der Waals surface area contributed by atoms with E-state index in [0.717, 1.165) is 31.5 Å². The van der Waals surface area contributed by atoms with Crippen LogP contribution in [0.1, 0.15) is 62.4 Å². The summed E-state index contributed by atoms with van der Waals surface area (Å²) in [4.78, 5) is 29.7. The summed E-state index contributed by atoms with van der Waals surface area (Å²) >= 11 is 0. The Kier molecular flexibility index (Phi) is 8.20. The van der Waals surface area contributed by atoms with Crippen molar-refractivity contribution in [3.8, 4) is 5.75 Å². The number of likely N-dealkylation sites (tertiary alicyclic amines) is 1. The molecular formula is C31H40N2O4. The molecule has 198 valence electrons. The highest BCUT2D eigenvalue weighted by molar-refractivity contribution is 5.94. The zero-order valence-corrected chi connectivity index (χ0v) is 22.4. The number of carbonyl (C=O) groups excluding carboxylic acids is 2. The van der Waals surface area contributed by atoms with Crippen LogP contribution in [-0.4, -0.2) is 64.6 Å². The van der Waals surface area contributed by atoms with Crippen LogP contribution in [0.5, 0.6) is 5.75 Å². The molecule has 2 aromatic rings. The van der Waals surface area contributed by atoms with Crippen LogP contribution in [0, 0.1) is 5.92 Å². The molecule has 6 heteroatoms. The number of aliphatic hydroxyl groups is 1. The van der Waals surface area contributed by atoms with Crippen LogP contribution in [0.2, 0.25) is 0 Å². The first-order chi connectivity index (χ1) is 17.7. The van der Waals surface area contributed by atoms with Gasteiger partial charge in [0.05, 0.1) is 5.60 Å². The number of benzene rings is 2. The lowest BCUT2D eigenvalue weighted by Crippen LogP contribution is -2.67. The van der Waals surface area contributed by atoms with Crippen molar-refractivity contribution in [3.05, 3.63) is 78.4 Å². The Labute approximate surface area is 220 Å². The molecule has 1 aliphatic carbocycles. The Morgan fingerprint density at radius 1 is 1.19 bits per heavy atom. The van der Waals surface area contributed by atoms with Crippen molar-refractivity contribution < 1.29 is 19.4 Å². The number of ether oxygens (including phenoxy) is 1. The molecule has 0 aromatic heterocycles. The Hall–Kier alpha value is -2.96. The van der Waals surface area contributed by atoms with Crippen LogP contribution in [0.3, 0.4) is 0 Å². The number of esters is 1. The number of hydrogen-bond acceptors (Lipinski definition) is 5. The molecule has 2 aromatic carbocycles. The molecule has 3 atom stereocenters. The van der Waals surface area contributed by atoms with Crippen molar-refractivity contribution in [1.29, 1.82) is 0 Å². The van der Waals surface area contributed by atoms with E-state index in [4.69, 9.17) is 4.74 Å². The van der Waals surface area contributed by atoms with Crippen LogP contribution in [-0.2, 0) is 10.2 Å². The average molecular weight is 505 g/mol. The highest BCUT2D eigenvalue weighted by atomic mass is 16.5. The quantitative estimate of drug-likeness (QED) is 0.317. The molecule has 37 heavy (non-hydrogen) atoms. The number of fused-ring (bicyclic) bond motifs is 1. The fourth-order valence-corrected chi connectivity index (χ4v) is 6.40. The summed E-state index contributed by atoms with van der Waals surface area (Å²) in [5, 5.41) is 12.3. The second kappa shape index (κ2) is 11.2. The van der Waals surface area contributed by atoms with E-state index in [-0.39, 0.29) is 17.9 Å². The lowest BCUT2D eigenvalue weighted by Gasteiger charge is -2.59. The predicted molar refractivity (Wildman–Crippen MR) is 146 cm³/mol. The zero-order valence-electron chi connectivity index (χ0n) is 22.4. The SMILES string of the molecule is C=CCN1CCC2(c3cccc(OC(C)=O)c3)C[C@H](N(CC(C)C)C(=O)c3ccccc3)CCC2(O)C1. The van der Waals surface area contributed by atoms with Crippen LogP contribution < -0.4 is 4.74 Å². The number of nitrogens with zero attached hydrogens (tertiary/aromatic N) is 2. The van der Waals surface area contributed by atoms with Crippen molar-refractivity contribution in [2.24, 2.45) is 5.92 Å². The highest BCUT2D eigenvalue weighted by Crippen LogP contribution is 2.53. The first kappa shape index (κ1) is 27.1. The first-order valence-corrected chi connectivity index (χ1v) is 13.4. The van der Waals surface area contributed by atoms with Gasteiger partial charge in [0.1, 0.15) is 5.75 Å². The molecule has 1 aliphatic heterocycles. The van der Waals surface area contributed by atoms with Gasteiger partial charge in [0.25, 0.3) is 5.91 Å². The van der Waals surface area contributed by atoms with Crippen LogP contribution in [0.4, 0.5) is 0 Å². The fraction of sp³-hybridized carbons (Fsp3) is 0.484. The van der Waals surface area contributed by atoms with Gasteiger partial charge in [0.15, 0.2) is 0 Å². The van der Waals surface area contributed by atoms with Crippen molar-refractivity contribution >= 4 is 11.9 Å². The third kappa shape index (κ3) is 5.65. The molecule has 1 N–H and O–H groups in total. The lowest BCUT2D eigenvalue weighted by molar-refractivity contribution is -0.132. The molecule has 1 saturated heterocycles. The molecule has 0 spiro atoms. The van der Waals surface area contributed by atoms with E-state index in [1.165, 1.54) is 6.92 Å². The number of rotatable bonds is 8. The standard InChI is InChI=1S/C31H40N2O4/c1-5-17-32-18-16-30(26-12-9-13-28(19-26)37-24(4)34)20-27(14-15-31(30,36)22-32)33(21-23(2)3)29(35)25-10-7-6-8-11-25/h5-13,19,23,27,36H,1,14-18,20-22H2,2-4H3/t27-,30?,31?/m1/s1. The minimum atomic E-state index is -0.973. The Bertz CT molecular complexity index is 1120. The van der Waals surface area contributed by atoms with Gasteiger partial charge in [-0.25, -0.2) is 0 Å². The highest BCUT2D eigenvalue weighted by Gasteiger charge is 2.58. The first-order valence-electron chi connectivity index (χ1n) is 13.4. The second-order valence-corrected chi connectivity index (χ2v) is 11.1. The summed E-state index contributed by atoms with van der Waals surface area (Å²) in [5.74, 6) is 0.462. The van der Waals surface area contributed by atoms with Gasteiger partial charge < -0.3 is 14.7 Å². The van der Waals surface area contributed by atoms with E-state index in [0.29, 0.717) is 43.2 Å². The number of piperidine rings is 1. The van der Waals surface area contributed by atoms with Crippen molar-refractivity contribution in [3.63, 3.8) is 0 Å². The number of carbonyl (C=O) groups is 2. The summed E-state index contributed by atoms with van der Waals surface area (Å²) < 4.78 is 5.43. The average Bonchev–Trinajstić information content (AvgIpc) is 2.87. The van der Waals surface area contributed by atoms with Gasteiger partial charge in [-0.1, -0.05) is 50.3 Å². The van der Waals surface area contributed by atoms with E-state index in [2.05, 4.69) is 25.3 Å². The van der Waals surface area contributed by atoms with Gasteiger partial charge in [0, 0.05) is 43.6 Å². The largest absolute Gasteiger partial charge is 0.427 e. The van der Waals surface area contributed by atoms with Crippen LogP contribution >= 0.6 is 0 Å². The van der Waals surface area contributed by atoms with Gasteiger partial charge in [-0.05, 0) is 68.0 Å². The molecule has 4 rings (SSSR count). The summed E-state index contributed by atoms with van der Waals surface area (Å²) in [7, 11) is 0. The fourth-order valence-electron chi connectivity index (χ4n) is 6.40. The summed E-state index contributed by atoms with van der Waals surface area (Å²) in [6.07, 6.45) is 4.59. The van der Waals surface area contributed by atoms with E-state index in [1.54, 1.807) is 6.07 Å². The Morgan fingerprint density at radius 3 is 2.62 bits per heavy atom. The molecule has 2 unspecified atom stereocenters. The lowest BCUT2D eigenvalue weighted by atomic mass is 9.55. The number of hydrogen-bond donors (Lipinski definition) is 1. The van der Waals surface area contributed by atoms with Gasteiger partial charge >= 0.3 is 5.97 Å². The minimum absolute atomic E-state index is 0.0151. The zero-order chi connectivity index (χ0) is 26.6. The minimum Gasteiger partial charge on any atom is -0.427 e.